The molecule has 3 rings (SSSR count). The molecule has 0 bridgehead atoms. The van der Waals surface area contributed by atoms with E-state index in [1.54, 1.807) is 6.07 Å². The minimum Gasteiger partial charge on any atom is -0.388 e. The van der Waals surface area contributed by atoms with Gasteiger partial charge in [-0.1, -0.05) is 35.4 Å². The maximum atomic E-state index is 6.22. The molecule has 1 aromatic carbocycles. The van der Waals surface area contributed by atoms with E-state index in [-0.39, 0.29) is 4.99 Å². The molecule has 10 heteroatoms. The molecule has 0 amide bonds. The van der Waals surface area contributed by atoms with Crippen LogP contribution in [0.5, 0.6) is 0 Å². The van der Waals surface area contributed by atoms with Crippen LogP contribution in [0.25, 0.3) is 11.0 Å². The van der Waals surface area contributed by atoms with Gasteiger partial charge in [0.05, 0.1) is 27.5 Å². The lowest BCUT2D eigenvalue weighted by Crippen LogP contribution is -2.15. The summed E-state index contributed by atoms with van der Waals surface area (Å²) in [7, 11) is 0. The first-order valence-electron chi connectivity index (χ1n) is 5.56. The first-order chi connectivity index (χ1) is 10.1. The van der Waals surface area contributed by atoms with Gasteiger partial charge in [-0.05, 0) is 6.07 Å². The lowest BCUT2D eigenvalue weighted by molar-refractivity contribution is 1.18. The van der Waals surface area contributed by atoms with Crippen LogP contribution < -0.4 is 11.1 Å². The molecular formula is C11H6Cl2N6S2. The van der Waals surface area contributed by atoms with Gasteiger partial charge in [0.1, 0.15) is 21.7 Å². The van der Waals surface area contributed by atoms with E-state index >= 15 is 0 Å². The van der Waals surface area contributed by atoms with Gasteiger partial charge >= 0.3 is 0 Å². The van der Waals surface area contributed by atoms with Gasteiger partial charge in [0.25, 0.3) is 0 Å². The predicted molar refractivity (Wildman–Crippen MR) is 88.6 cm³/mol. The number of hydrogen-bond donors (Lipinski definition) is 2. The largest absolute Gasteiger partial charge is 0.388 e. The van der Waals surface area contributed by atoms with Gasteiger partial charge in [-0.25, -0.2) is 9.97 Å². The fourth-order valence-electron chi connectivity index (χ4n) is 1.72. The molecule has 0 aliphatic heterocycles. The molecule has 2 aromatic heterocycles. The van der Waals surface area contributed by atoms with Gasteiger partial charge in [-0.3, -0.25) is 0 Å². The second-order valence-electron chi connectivity index (χ2n) is 3.92. The van der Waals surface area contributed by atoms with Crippen LogP contribution in [0.2, 0.25) is 10.0 Å². The highest BCUT2D eigenvalue weighted by atomic mass is 35.5. The van der Waals surface area contributed by atoms with Crippen molar-refractivity contribution in [3.05, 3.63) is 34.2 Å². The molecule has 0 saturated heterocycles. The summed E-state index contributed by atoms with van der Waals surface area (Å²) in [6.45, 7) is 0. The van der Waals surface area contributed by atoms with E-state index < -0.39 is 0 Å². The van der Waals surface area contributed by atoms with Crippen molar-refractivity contribution >= 4 is 74.7 Å². The summed E-state index contributed by atoms with van der Waals surface area (Å²) in [5.41, 5.74) is 7.65. The highest BCUT2D eigenvalue weighted by Gasteiger charge is 2.16. The second kappa shape index (κ2) is 5.64. The SMILES string of the molecule is NC(=S)c1nccnc1Nc1c(Cl)cc(Cl)c2nsnc12. The van der Waals surface area contributed by atoms with Crippen LogP contribution in [0.3, 0.4) is 0 Å². The van der Waals surface area contributed by atoms with Crippen molar-refractivity contribution in [2.75, 3.05) is 5.32 Å². The number of fused-ring (bicyclic) bond motifs is 1. The predicted octanol–water partition coefficient (Wildman–Crippen LogP) is 3.17. The molecule has 0 atom stereocenters. The number of nitrogens with one attached hydrogen (secondary N) is 1. The Morgan fingerprint density at radius 1 is 1.14 bits per heavy atom. The Morgan fingerprint density at radius 2 is 1.86 bits per heavy atom. The van der Waals surface area contributed by atoms with E-state index in [9.17, 15) is 0 Å². The van der Waals surface area contributed by atoms with E-state index in [4.69, 9.17) is 41.2 Å². The maximum Gasteiger partial charge on any atom is 0.159 e. The van der Waals surface area contributed by atoms with Crippen LogP contribution in [0.1, 0.15) is 5.69 Å². The zero-order chi connectivity index (χ0) is 15.0. The van der Waals surface area contributed by atoms with Crippen molar-refractivity contribution < 1.29 is 0 Å². The van der Waals surface area contributed by atoms with Crippen LogP contribution in [-0.4, -0.2) is 23.7 Å². The van der Waals surface area contributed by atoms with Gasteiger partial charge in [0, 0.05) is 12.4 Å². The zero-order valence-corrected chi connectivity index (χ0v) is 13.3. The van der Waals surface area contributed by atoms with E-state index in [1.807, 2.05) is 0 Å². The smallest absolute Gasteiger partial charge is 0.159 e. The monoisotopic (exact) mass is 356 g/mol. The number of halogens is 2. The number of benzene rings is 1. The number of hydrogen-bond acceptors (Lipinski definition) is 7. The highest BCUT2D eigenvalue weighted by molar-refractivity contribution is 7.80. The van der Waals surface area contributed by atoms with Crippen LogP contribution in [0.4, 0.5) is 11.5 Å². The van der Waals surface area contributed by atoms with Crippen molar-refractivity contribution in [3.8, 4) is 0 Å². The lowest BCUT2D eigenvalue weighted by Gasteiger charge is -2.11. The number of nitrogens with zero attached hydrogens (tertiary/aromatic N) is 4. The minimum atomic E-state index is 0.128. The summed E-state index contributed by atoms with van der Waals surface area (Å²) in [5.74, 6) is 0.392. The molecule has 3 aromatic rings. The summed E-state index contributed by atoms with van der Waals surface area (Å²) < 4.78 is 8.33. The lowest BCUT2D eigenvalue weighted by atomic mass is 10.2. The summed E-state index contributed by atoms with van der Waals surface area (Å²) in [6, 6.07) is 1.59. The molecule has 106 valence electrons. The molecule has 6 nitrogen and oxygen atoms in total. The van der Waals surface area contributed by atoms with Gasteiger partial charge < -0.3 is 11.1 Å². The number of thiocarbonyl (C=S) groups is 1. The molecule has 0 aliphatic rings. The third kappa shape index (κ3) is 2.62. The van der Waals surface area contributed by atoms with Crippen LogP contribution in [0, 0.1) is 0 Å². The molecule has 0 saturated carbocycles. The number of anilines is 2. The molecule has 0 spiro atoms. The molecular weight excluding hydrogens is 351 g/mol. The van der Waals surface area contributed by atoms with Crippen molar-refractivity contribution in [2.24, 2.45) is 5.73 Å². The van der Waals surface area contributed by atoms with Gasteiger partial charge in [0.15, 0.2) is 5.82 Å². The molecule has 0 fully saturated rings. The normalized spacial score (nSPS) is 10.8. The molecule has 0 unspecified atom stereocenters. The molecule has 2 heterocycles. The Labute approximate surface area is 138 Å². The summed E-state index contributed by atoms with van der Waals surface area (Å²) >= 11 is 18.3. The molecule has 21 heavy (non-hydrogen) atoms. The van der Waals surface area contributed by atoms with Gasteiger partial charge in [-0.2, -0.15) is 8.75 Å². The number of nitrogens with two attached hydrogens (primary N) is 1. The standard InChI is InChI=1S/C11H6Cl2N6S2/c12-4-3-5(13)7-8(19-21-18-7)6(4)17-11-9(10(14)20)15-1-2-16-11/h1-3H,(H2,14,20)(H,16,17). The molecule has 0 radical (unpaired) electrons. The van der Waals surface area contributed by atoms with Crippen LogP contribution >= 0.6 is 47.1 Å². The number of aromatic nitrogens is 4. The van der Waals surface area contributed by atoms with E-state index in [1.165, 1.54) is 12.4 Å². The van der Waals surface area contributed by atoms with Crippen molar-refractivity contribution in [2.45, 2.75) is 0 Å². The van der Waals surface area contributed by atoms with E-state index in [0.717, 1.165) is 11.7 Å². The first-order valence-corrected chi connectivity index (χ1v) is 7.45. The topological polar surface area (TPSA) is 89.6 Å². The summed E-state index contributed by atoms with van der Waals surface area (Å²) in [5, 5.41) is 3.87. The van der Waals surface area contributed by atoms with Crippen molar-refractivity contribution in [3.63, 3.8) is 0 Å². The summed E-state index contributed by atoms with van der Waals surface area (Å²) in [4.78, 5) is 8.40. The Kier molecular flexibility index (Phi) is 3.85. The number of rotatable bonds is 3. The van der Waals surface area contributed by atoms with Crippen molar-refractivity contribution in [1.29, 1.82) is 0 Å². The first kappa shape index (κ1) is 14.3. The van der Waals surface area contributed by atoms with Gasteiger partial charge in [0.2, 0.25) is 0 Å². The maximum absolute atomic E-state index is 6.22. The van der Waals surface area contributed by atoms with Crippen molar-refractivity contribution in [1.82, 2.24) is 18.7 Å². The molecule has 0 aliphatic carbocycles. The minimum absolute atomic E-state index is 0.128. The van der Waals surface area contributed by atoms with Gasteiger partial charge in [-0.15, -0.1) is 0 Å². The van der Waals surface area contributed by atoms with Crippen LogP contribution in [-0.2, 0) is 0 Å². The zero-order valence-electron chi connectivity index (χ0n) is 10.2. The Hall–Kier alpha value is -1.61. The van der Waals surface area contributed by atoms with E-state index in [2.05, 4.69) is 24.0 Å². The van der Waals surface area contributed by atoms with Crippen LogP contribution in [0.15, 0.2) is 18.5 Å². The average molecular weight is 357 g/mol. The highest BCUT2D eigenvalue weighted by Crippen LogP contribution is 2.36. The summed E-state index contributed by atoms with van der Waals surface area (Å²) in [6.07, 6.45) is 3.02. The Bertz CT molecular complexity index is 850. The molecule has 3 N–H and O–H groups in total. The third-order valence-electron chi connectivity index (χ3n) is 2.62. The Balaban J connectivity index is 2.15. The van der Waals surface area contributed by atoms with E-state index in [0.29, 0.717) is 38.3 Å². The second-order valence-corrected chi connectivity index (χ2v) is 5.70. The quantitative estimate of drug-likeness (QED) is 0.696. The third-order valence-corrected chi connectivity index (χ3v) is 3.93. The Morgan fingerprint density at radius 3 is 2.62 bits per heavy atom. The fraction of sp³-hybridized carbons (Fsp3) is 0. The fourth-order valence-corrected chi connectivity index (χ4v) is 3.03. The average Bonchev–Trinajstić information content (AvgIpc) is 2.93.